The van der Waals surface area contributed by atoms with Crippen molar-refractivity contribution in [3.8, 4) is 0 Å². The lowest BCUT2D eigenvalue weighted by atomic mass is 9.93. The van der Waals surface area contributed by atoms with Crippen LogP contribution < -0.4 is 26.6 Å². The number of nitrogens with one attached hydrogen (secondary N) is 5. The van der Waals surface area contributed by atoms with Crippen LogP contribution in [0.2, 0.25) is 0 Å². The lowest BCUT2D eigenvalue weighted by Gasteiger charge is -2.33. The number of rotatable bonds is 19. The molecular weight excluding hydrogens is 683 g/mol. The van der Waals surface area contributed by atoms with Crippen LogP contribution in [0.1, 0.15) is 49.9 Å². The Morgan fingerprint density at radius 1 is 0.537 bits per heavy atom. The molecule has 0 spiro atoms. The van der Waals surface area contributed by atoms with Crippen molar-refractivity contribution in [1.82, 2.24) is 26.6 Å². The van der Waals surface area contributed by atoms with E-state index in [0.29, 0.717) is 0 Å². The average Bonchev–Trinajstić information content (AvgIpc) is 3.18. The van der Waals surface area contributed by atoms with Gasteiger partial charge >= 0.3 is 6.09 Å². The van der Waals surface area contributed by atoms with Gasteiger partial charge in [-0.1, -0.05) is 149 Å². The quantitative estimate of drug-likeness (QED) is 0.0819. The molecule has 286 valence electrons. The van der Waals surface area contributed by atoms with Gasteiger partial charge in [0.1, 0.15) is 24.7 Å². The first kappa shape index (κ1) is 41.2. The molecule has 4 rings (SSSR count). The largest absolute Gasteiger partial charge is 0.445 e. The van der Waals surface area contributed by atoms with Gasteiger partial charge in [0, 0.05) is 13.1 Å². The second kappa shape index (κ2) is 21.2. The Hall–Kier alpha value is -5.52. The van der Waals surface area contributed by atoms with Crippen LogP contribution in [0, 0.1) is 11.8 Å². The molecule has 0 saturated carbocycles. The van der Waals surface area contributed by atoms with E-state index in [2.05, 4.69) is 26.6 Å². The van der Waals surface area contributed by atoms with Gasteiger partial charge in [-0.15, -0.1) is 0 Å². The molecule has 4 aromatic rings. The third kappa shape index (κ3) is 13.2. The van der Waals surface area contributed by atoms with Gasteiger partial charge in [-0.05, 0) is 40.5 Å². The molecule has 0 radical (unpaired) electrons. The van der Waals surface area contributed by atoms with Crippen LogP contribution in [0.25, 0.3) is 0 Å². The number of alkyl carbamates (subject to hydrolysis) is 1. The first-order valence-corrected chi connectivity index (χ1v) is 18.4. The minimum atomic E-state index is -1.48. The molecule has 11 nitrogen and oxygen atoms in total. The number of hydrogen-bond acceptors (Lipinski definition) is 7. The number of amides is 4. The minimum Gasteiger partial charge on any atom is -0.445 e. The second-order valence-electron chi connectivity index (χ2n) is 14.0. The highest BCUT2D eigenvalue weighted by Gasteiger charge is 2.38. The Morgan fingerprint density at radius 2 is 0.981 bits per heavy atom. The Labute approximate surface area is 318 Å². The van der Waals surface area contributed by atoms with E-state index >= 15 is 0 Å². The van der Waals surface area contributed by atoms with Crippen molar-refractivity contribution in [2.75, 3.05) is 0 Å². The molecule has 6 N–H and O–H groups in total. The van der Waals surface area contributed by atoms with E-state index in [4.69, 9.17) is 4.74 Å². The van der Waals surface area contributed by atoms with Crippen molar-refractivity contribution < 1.29 is 29.0 Å². The molecule has 0 fully saturated rings. The highest BCUT2D eigenvalue weighted by atomic mass is 16.5. The summed E-state index contributed by atoms with van der Waals surface area (Å²) >= 11 is 0. The topological polar surface area (TPSA) is 158 Å². The minimum absolute atomic E-state index is 0.0278. The van der Waals surface area contributed by atoms with Gasteiger partial charge < -0.3 is 31.1 Å². The van der Waals surface area contributed by atoms with Crippen LogP contribution in [0.15, 0.2) is 121 Å². The van der Waals surface area contributed by atoms with Crippen LogP contribution >= 0.6 is 0 Å². The summed E-state index contributed by atoms with van der Waals surface area (Å²) in [6.07, 6.45) is -2.07. The van der Waals surface area contributed by atoms with Gasteiger partial charge in [-0.2, -0.15) is 0 Å². The standard InChI is InChI=1S/C43H53N5O6/c1-29(2)36(40(50)45-27-33-21-13-7-14-22-33)47-42(52)38(44-26-32-19-11-6-12-20-32)39(49)35(25-31-17-9-5-10-18-31)46-41(51)37(30(3)4)48-43(53)54-28-34-23-15-8-16-24-34/h5-24,29-30,35-39,44,49H,25-28H2,1-4H3,(H,45,50)(H,46,51)(H,47,52)(H,48,53)/t35?,36-,37?,38?,39?/m1/s1. The predicted octanol–water partition coefficient (Wildman–Crippen LogP) is 4.64. The summed E-state index contributed by atoms with van der Waals surface area (Å²) in [5, 5.41) is 26.7. The van der Waals surface area contributed by atoms with Gasteiger partial charge in [-0.25, -0.2) is 4.79 Å². The van der Waals surface area contributed by atoms with Gasteiger partial charge in [0.15, 0.2) is 0 Å². The molecule has 4 amide bonds. The molecule has 5 atom stereocenters. The normalized spacial score (nSPS) is 13.9. The molecule has 4 unspecified atom stereocenters. The molecule has 11 heteroatoms. The maximum absolute atomic E-state index is 14.2. The second-order valence-corrected chi connectivity index (χ2v) is 14.0. The summed E-state index contributed by atoms with van der Waals surface area (Å²) < 4.78 is 5.39. The first-order chi connectivity index (χ1) is 26.0. The SMILES string of the molecule is CC(C)C(NC(=O)OCc1ccccc1)C(=O)NC(Cc1ccccc1)C(O)C(NCc1ccccc1)C(=O)N[C@@H](C(=O)NCc1ccccc1)C(C)C. The number of ether oxygens (including phenoxy) is 1. The lowest BCUT2D eigenvalue weighted by Crippen LogP contribution is -2.63. The molecule has 0 saturated heterocycles. The van der Waals surface area contributed by atoms with Crippen LogP contribution in [0.5, 0.6) is 0 Å². The number of aliphatic hydroxyl groups excluding tert-OH is 1. The van der Waals surface area contributed by atoms with Crippen LogP contribution in [-0.2, 0) is 45.2 Å². The summed E-state index contributed by atoms with van der Waals surface area (Å²) in [7, 11) is 0. The number of benzene rings is 4. The molecule has 0 aliphatic rings. The van der Waals surface area contributed by atoms with Crippen molar-refractivity contribution in [1.29, 1.82) is 0 Å². The number of aliphatic hydroxyl groups is 1. The van der Waals surface area contributed by atoms with Gasteiger partial charge in [0.2, 0.25) is 17.7 Å². The molecule has 0 aliphatic carbocycles. The van der Waals surface area contributed by atoms with E-state index in [0.717, 1.165) is 22.3 Å². The molecular formula is C43H53N5O6. The van der Waals surface area contributed by atoms with Crippen molar-refractivity contribution >= 4 is 23.8 Å². The van der Waals surface area contributed by atoms with E-state index in [1.54, 1.807) is 13.8 Å². The summed E-state index contributed by atoms with van der Waals surface area (Å²) in [5.41, 5.74) is 3.38. The molecule has 0 heterocycles. The molecule has 54 heavy (non-hydrogen) atoms. The number of hydrogen-bond donors (Lipinski definition) is 6. The van der Waals surface area contributed by atoms with Gasteiger partial charge in [0.25, 0.3) is 0 Å². The lowest BCUT2D eigenvalue weighted by molar-refractivity contribution is -0.134. The van der Waals surface area contributed by atoms with Crippen LogP contribution in [0.3, 0.4) is 0 Å². The fraction of sp³-hybridized carbons (Fsp3) is 0.349. The molecule has 0 bridgehead atoms. The number of carbonyl (C=O) groups excluding carboxylic acids is 4. The highest BCUT2D eigenvalue weighted by Crippen LogP contribution is 2.14. The van der Waals surface area contributed by atoms with E-state index in [1.165, 1.54) is 0 Å². The summed E-state index contributed by atoms with van der Waals surface area (Å²) in [6.45, 7) is 7.77. The fourth-order valence-corrected chi connectivity index (χ4v) is 5.92. The molecule has 0 aromatic heterocycles. The Kier molecular flexibility index (Phi) is 16.2. The zero-order chi connectivity index (χ0) is 38.9. The Balaban J connectivity index is 1.56. The van der Waals surface area contributed by atoms with Crippen molar-refractivity contribution in [2.24, 2.45) is 11.8 Å². The first-order valence-electron chi connectivity index (χ1n) is 18.4. The van der Waals surface area contributed by atoms with E-state index in [1.807, 2.05) is 135 Å². The van der Waals surface area contributed by atoms with Gasteiger partial charge in [-0.3, -0.25) is 19.7 Å². The van der Waals surface area contributed by atoms with Crippen molar-refractivity contribution in [3.63, 3.8) is 0 Å². The maximum Gasteiger partial charge on any atom is 0.408 e. The molecule has 4 aromatic carbocycles. The van der Waals surface area contributed by atoms with Gasteiger partial charge in [0.05, 0.1) is 12.1 Å². The maximum atomic E-state index is 14.2. The zero-order valence-corrected chi connectivity index (χ0v) is 31.4. The van der Waals surface area contributed by atoms with Crippen LogP contribution in [0.4, 0.5) is 4.79 Å². The van der Waals surface area contributed by atoms with E-state index < -0.39 is 48.2 Å². The Bertz CT molecular complexity index is 1740. The molecule has 0 aliphatic heterocycles. The van der Waals surface area contributed by atoms with E-state index in [9.17, 15) is 24.3 Å². The average molecular weight is 736 g/mol. The monoisotopic (exact) mass is 735 g/mol. The van der Waals surface area contributed by atoms with E-state index in [-0.39, 0.29) is 43.9 Å². The summed E-state index contributed by atoms with van der Waals surface area (Å²) in [5.74, 6) is -2.15. The third-order valence-electron chi connectivity index (χ3n) is 9.02. The summed E-state index contributed by atoms with van der Waals surface area (Å²) in [4.78, 5) is 54.4. The van der Waals surface area contributed by atoms with Crippen molar-refractivity contribution in [3.05, 3.63) is 144 Å². The Morgan fingerprint density at radius 3 is 1.50 bits per heavy atom. The fourth-order valence-electron chi connectivity index (χ4n) is 5.92. The smallest absolute Gasteiger partial charge is 0.408 e. The van der Waals surface area contributed by atoms with Crippen LogP contribution in [-0.4, -0.2) is 59.2 Å². The summed E-state index contributed by atoms with van der Waals surface area (Å²) in [6, 6.07) is 33.2. The predicted molar refractivity (Wildman–Crippen MR) is 209 cm³/mol. The highest BCUT2D eigenvalue weighted by molar-refractivity contribution is 5.90. The third-order valence-corrected chi connectivity index (χ3v) is 9.02. The number of carbonyl (C=O) groups is 4. The zero-order valence-electron chi connectivity index (χ0n) is 31.4. The van der Waals surface area contributed by atoms with Crippen molar-refractivity contribution in [2.45, 2.75) is 84.1 Å².